The highest BCUT2D eigenvalue weighted by molar-refractivity contribution is 5.81. The van der Waals surface area contributed by atoms with Gasteiger partial charge in [0, 0.05) is 5.92 Å². The molecule has 0 aromatic heterocycles. The molecular formula is C13H25NO2. The summed E-state index contributed by atoms with van der Waals surface area (Å²) in [5.74, 6) is 0.497. The SMILES string of the molecule is CCCCC(C=O)NC(=O)C(C)CC(C)C. The third-order valence-electron chi connectivity index (χ3n) is 2.63. The predicted octanol–water partition coefficient (Wildman–Crippen LogP) is 2.54. The average molecular weight is 227 g/mol. The number of carbonyl (C=O) groups is 2. The van der Waals surface area contributed by atoms with Gasteiger partial charge in [-0.05, 0) is 18.8 Å². The van der Waals surface area contributed by atoms with Crippen LogP contribution in [0.1, 0.15) is 53.4 Å². The molecule has 0 aromatic rings. The number of hydrogen-bond acceptors (Lipinski definition) is 2. The fraction of sp³-hybridized carbons (Fsp3) is 0.846. The molecule has 94 valence electrons. The van der Waals surface area contributed by atoms with Gasteiger partial charge in [-0.3, -0.25) is 4.79 Å². The van der Waals surface area contributed by atoms with Crippen LogP contribution in [0.2, 0.25) is 0 Å². The molecule has 2 unspecified atom stereocenters. The minimum absolute atomic E-state index is 0.00176. The second kappa shape index (κ2) is 8.31. The van der Waals surface area contributed by atoms with Crippen LogP contribution in [0.3, 0.4) is 0 Å². The van der Waals surface area contributed by atoms with Crippen molar-refractivity contribution >= 4 is 12.2 Å². The lowest BCUT2D eigenvalue weighted by Crippen LogP contribution is -2.39. The van der Waals surface area contributed by atoms with E-state index in [1.807, 2.05) is 6.92 Å². The monoisotopic (exact) mass is 227 g/mol. The van der Waals surface area contributed by atoms with E-state index in [-0.39, 0.29) is 17.9 Å². The molecule has 0 aromatic carbocycles. The van der Waals surface area contributed by atoms with Crippen LogP contribution < -0.4 is 5.32 Å². The first-order valence-electron chi connectivity index (χ1n) is 6.26. The molecule has 0 rings (SSSR count). The van der Waals surface area contributed by atoms with E-state index in [0.29, 0.717) is 5.92 Å². The minimum Gasteiger partial charge on any atom is -0.346 e. The molecule has 0 heterocycles. The number of unbranched alkanes of at least 4 members (excludes halogenated alkanes) is 1. The van der Waals surface area contributed by atoms with Gasteiger partial charge in [-0.15, -0.1) is 0 Å². The fourth-order valence-electron chi connectivity index (χ4n) is 1.74. The lowest BCUT2D eigenvalue weighted by molar-refractivity contribution is -0.127. The molecule has 0 saturated heterocycles. The van der Waals surface area contributed by atoms with Crippen molar-refractivity contribution in [2.45, 2.75) is 59.4 Å². The molecular weight excluding hydrogens is 202 g/mol. The largest absolute Gasteiger partial charge is 0.346 e. The van der Waals surface area contributed by atoms with E-state index in [2.05, 4.69) is 26.1 Å². The zero-order valence-corrected chi connectivity index (χ0v) is 11.0. The lowest BCUT2D eigenvalue weighted by Gasteiger charge is -2.17. The Labute approximate surface area is 99.0 Å². The highest BCUT2D eigenvalue weighted by atomic mass is 16.2. The summed E-state index contributed by atoms with van der Waals surface area (Å²) in [5, 5.41) is 2.80. The highest BCUT2D eigenvalue weighted by Gasteiger charge is 2.17. The Hall–Kier alpha value is -0.860. The molecule has 0 radical (unpaired) electrons. The maximum atomic E-state index is 11.7. The minimum atomic E-state index is -0.304. The van der Waals surface area contributed by atoms with E-state index in [1.54, 1.807) is 0 Å². The Morgan fingerprint density at radius 3 is 2.38 bits per heavy atom. The van der Waals surface area contributed by atoms with Crippen LogP contribution in [0.15, 0.2) is 0 Å². The van der Waals surface area contributed by atoms with Gasteiger partial charge in [-0.2, -0.15) is 0 Å². The van der Waals surface area contributed by atoms with E-state index in [4.69, 9.17) is 0 Å². The van der Waals surface area contributed by atoms with Crippen molar-refractivity contribution in [1.82, 2.24) is 5.32 Å². The Kier molecular flexibility index (Phi) is 7.86. The topological polar surface area (TPSA) is 46.2 Å². The molecule has 1 amide bonds. The van der Waals surface area contributed by atoms with Gasteiger partial charge in [-0.1, -0.05) is 40.5 Å². The fourth-order valence-corrected chi connectivity index (χ4v) is 1.74. The number of hydrogen-bond donors (Lipinski definition) is 1. The second-order valence-electron chi connectivity index (χ2n) is 4.92. The van der Waals surface area contributed by atoms with Crippen LogP contribution in [0.25, 0.3) is 0 Å². The molecule has 0 aliphatic heterocycles. The summed E-state index contributed by atoms with van der Waals surface area (Å²) in [6.45, 7) is 8.18. The molecule has 0 bridgehead atoms. The summed E-state index contributed by atoms with van der Waals surface area (Å²) in [6, 6.07) is -0.304. The molecule has 0 spiro atoms. The molecule has 0 saturated carbocycles. The summed E-state index contributed by atoms with van der Waals surface area (Å²) >= 11 is 0. The average Bonchev–Trinajstić information content (AvgIpc) is 2.22. The zero-order chi connectivity index (χ0) is 12.6. The molecule has 2 atom stereocenters. The van der Waals surface area contributed by atoms with Crippen LogP contribution in [0, 0.1) is 11.8 Å². The predicted molar refractivity (Wildman–Crippen MR) is 66.1 cm³/mol. The molecule has 0 aliphatic rings. The summed E-state index contributed by atoms with van der Waals surface area (Å²) < 4.78 is 0. The first-order valence-corrected chi connectivity index (χ1v) is 6.26. The number of aldehydes is 1. The first-order chi connectivity index (χ1) is 7.51. The van der Waals surface area contributed by atoms with E-state index in [1.165, 1.54) is 0 Å². The standard InChI is InChI=1S/C13H25NO2/c1-5-6-7-12(9-15)14-13(16)11(4)8-10(2)3/h9-12H,5-8H2,1-4H3,(H,14,16). The van der Waals surface area contributed by atoms with Crippen LogP contribution in [-0.2, 0) is 9.59 Å². The van der Waals surface area contributed by atoms with Crippen molar-refractivity contribution in [3.05, 3.63) is 0 Å². The molecule has 3 nitrogen and oxygen atoms in total. The van der Waals surface area contributed by atoms with E-state index >= 15 is 0 Å². The number of amides is 1. The quantitative estimate of drug-likeness (QED) is 0.648. The lowest BCUT2D eigenvalue weighted by atomic mass is 9.97. The molecule has 16 heavy (non-hydrogen) atoms. The van der Waals surface area contributed by atoms with E-state index in [0.717, 1.165) is 32.0 Å². The Bertz CT molecular complexity index is 214. The molecule has 0 aliphatic carbocycles. The van der Waals surface area contributed by atoms with E-state index < -0.39 is 0 Å². The van der Waals surface area contributed by atoms with Crippen LogP contribution in [-0.4, -0.2) is 18.2 Å². The summed E-state index contributed by atoms with van der Waals surface area (Å²) in [6.07, 6.45) is 4.48. The first kappa shape index (κ1) is 15.1. The third kappa shape index (κ3) is 6.59. The van der Waals surface area contributed by atoms with Crippen molar-refractivity contribution in [2.75, 3.05) is 0 Å². The molecule has 1 N–H and O–H groups in total. The van der Waals surface area contributed by atoms with Gasteiger partial charge in [0.1, 0.15) is 6.29 Å². The maximum absolute atomic E-state index is 11.7. The van der Waals surface area contributed by atoms with Crippen molar-refractivity contribution in [3.63, 3.8) is 0 Å². The van der Waals surface area contributed by atoms with Gasteiger partial charge in [0.15, 0.2) is 0 Å². The number of nitrogens with one attached hydrogen (secondary N) is 1. The summed E-state index contributed by atoms with van der Waals surface area (Å²) in [7, 11) is 0. The third-order valence-corrected chi connectivity index (χ3v) is 2.63. The Balaban J connectivity index is 4.03. The van der Waals surface area contributed by atoms with Gasteiger partial charge in [0.2, 0.25) is 5.91 Å². The van der Waals surface area contributed by atoms with Crippen molar-refractivity contribution in [3.8, 4) is 0 Å². The van der Waals surface area contributed by atoms with Gasteiger partial charge < -0.3 is 10.1 Å². The van der Waals surface area contributed by atoms with Crippen molar-refractivity contribution < 1.29 is 9.59 Å². The van der Waals surface area contributed by atoms with Gasteiger partial charge >= 0.3 is 0 Å². The summed E-state index contributed by atoms with van der Waals surface area (Å²) in [4.78, 5) is 22.5. The Morgan fingerprint density at radius 2 is 1.94 bits per heavy atom. The highest BCUT2D eigenvalue weighted by Crippen LogP contribution is 2.11. The van der Waals surface area contributed by atoms with Crippen molar-refractivity contribution in [1.29, 1.82) is 0 Å². The normalized spacial score (nSPS) is 14.6. The zero-order valence-electron chi connectivity index (χ0n) is 11.0. The van der Waals surface area contributed by atoms with Gasteiger partial charge in [0.05, 0.1) is 6.04 Å². The number of carbonyl (C=O) groups excluding carboxylic acids is 2. The maximum Gasteiger partial charge on any atom is 0.223 e. The smallest absolute Gasteiger partial charge is 0.223 e. The van der Waals surface area contributed by atoms with Gasteiger partial charge in [-0.25, -0.2) is 0 Å². The van der Waals surface area contributed by atoms with Crippen LogP contribution in [0.5, 0.6) is 0 Å². The van der Waals surface area contributed by atoms with Crippen molar-refractivity contribution in [2.24, 2.45) is 11.8 Å². The van der Waals surface area contributed by atoms with Crippen LogP contribution in [0.4, 0.5) is 0 Å². The van der Waals surface area contributed by atoms with Crippen LogP contribution >= 0.6 is 0 Å². The van der Waals surface area contributed by atoms with E-state index in [9.17, 15) is 9.59 Å². The Morgan fingerprint density at radius 1 is 1.31 bits per heavy atom. The summed E-state index contributed by atoms with van der Waals surface area (Å²) in [5.41, 5.74) is 0. The number of rotatable bonds is 8. The second-order valence-corrected chi connectivity index (χ2v) is 4.92. The molecule has 0 fully saturated rings. The van der Waals surface area contributed by atoms with Gasteiger partial charge in [0.25, 0.3) is 0 Å². The molecule has 3 heteroatoms.